The van der Waals surface area contributed by atoms with Gasteiger partial charge >= 0.3 is 0 Å². The van der Waals surface area contributed by atoms with Gasteiger partial charge in [0.25, 0.3) is 0 Å². The van der Waals surface area contributed by atoms with Gasteiger partial charge in [-0.2, -0.15) is 5.10 Å². The highest BCUT2D eigenvalue weighted by Gasteiger charge is 2.12. The van der Waals surface area contributed by atoms with Crippen LogP contribution in [0.25, 0.3) is 0 Å². The molecule has 1 heterocycles. The quantitative estimate of drug-likeness (QED) is 0.416. The summed E-state index contributed by atoms with van der Waals surface area (Å²) in [5.74, 6) is 0. The van der Waals surface area contributed by atoms with Gasteiger partial charge < -0.3 is 15.0 Å². The molecule has 0 spiro atoms. The molecule has 6 heteroatoms. The molecule has 1 fully saturated rings. The monoisotopic (exact) mass is 349 g/mol. The summed E-state index contributed by atoms with van der Waals surface area (Å²) in [6.07, 6.45) is 0. The minimum atomic E-state index is 0.573. The molecule has 1 aliphatic heterocycles. The summed E-state index contributed by atoms with van der Waals surface area (Å²) in [6.45, 7) is 14.1. The molecule has 0 aliphatic carbocycles. The van der Waals surface area contributed by atoms with Gasteiger partial charge in [0.15, 0.2) is 5.11 Å². The van der Waals surface area contributed by atoms with Crippen LogP contribution in [0.15, 0.2) is 17.2 Å². The Labute approximate surface area is 150 Å². The predicted molar refractivity (Wildman–Crippen MR) is 103 cm³/mol. The molecular weight excluding hydrogens is 320 g/mol. The molecule has 5 nitrogen and oxygen atoms in total. The van der Waals surface area contributed by atoms with Crippen LogP contribution in [0.1, 0.15) is 29.2 Å². The maximum absolute atomic E-state index is 5.36. The first-order valence-corrected chi connectivity index (χ1v) is 8.96. The Kier molecular flexibility index (Phi) is 7.15. The van der Waals surface area contributed by atoms with Gasteiger partial charge in [0, 0.05) is 5.56 Å². The van der Waals surface area contributed by atoms with Crippen molar-refractivity contribution in [1.82, 2.24) is 10.7 Å². The molecule has 24 heavy (non-hydrogen) atoms. The van der Waals surface area contributed by atoms with Crippen LogP contribution in [-0.2, 0) is 4.74 Å². The van der Waals surface area contributed by atoms with Crippen LogP contribution >= 0.6 is 12.2 Å². The van der Waals surface area contributed by atoms with Gasteiger partial charge in [-0.3, -0.25) is 5.43 Å². The van der Waals surface area contributed by atoms with Crippen LogP contribution in [-0.4, -0.2) is 50.2 Å². The molecule has 1 aromatic rings. The zero-order valence-electron chi connectivity index (χ0n) is 15.2. The topological polar surface area (TPSA) is 50.1 Å². The lowest BCUT2D eigenvalue weighted by molar-refractivity contribution is -0.906. The van der Waals surface area contributed by atoms with E-state index in [2.05, 4.69) is 48.7 Å². The number of morpholine rings is 1. The molecule has 1 saturated heterocycles. The SMILES string of the molecule is C/C(=N/NC(=S)NCC[NH+]1CCOCC1)c1cc(C)c(C)cc1C. The number of rotatable bonds is 5. The van der Waals surface area contributed by atoms with Gasteiger partial charge in [0.2, 0.25) is 0 Å². The lowest BCUT2D eigenvalue weighted by Gasteiger charge is -2.23. The number of benzene rings is 1. The van der Waals surface area contributed by atoms with Crippen LogP contribution in [0.2, 0.25) is 0 Å². The number of nitrogens with one attached hydrogen (secondary N) is 3. The number of hydrazone groups is 1. The van der Waals surface area contributed by atoms with E-state index in [1.165, 1.54) is 16.7 Å². The van der Waals surface area contributed by atoms with Crippen molar-refractivity contribution >= 4 is 23.0 Å². The molecule has 3 N–H and O–H groups in total. The van der Waals surface area contributed by atoms with Crippen LogP contribution in [0, 0.1) is 20.8 Å². The van der Waals surface area contributed by atoms with E-state index in [-0.39, 0.29) is 0 Å². The van der Waals surface area contributed by atoms with Gasteiger partial charge in [0.05, 0.1) is 32.0 Å². The van der Waals surface area contributed by atoms with Crippen molar-refractivity contribution in [2.45, 2.75) is 27.7 Å². The fourth-order valence-electron chi connectivity index (χ4n) is 2.85. The fraction of sp³-hybridized carbons (Fsp3) is 0.556. The number of hydrogen-bond donors (Lipinski definition) is 3. The molecule has 1 aromatic carbocycles. The minimum Gasteiger partial charge on any atom is -0.370 e. The number of ether oxygens (including phenoxy) is 1. The number of thiocarbonyl (C=S) groups is 1. The molecule has 2 rings (SSSR count). The normalized spacial score (nSPS) is 16.1. The number of nitrogens with zero attached hydrogens (tertiary/aromatic N) is 1. The standard InChI is InChI=1S/C18H28N4OS/c1-13-11-15(3)17(12-14(13)2)16(4)20-21-18(24)19-5-6-22-7-9-23-10-8-22/h11-12H,5-10H2,1-4H3,(H2,19,21,24)/p+1/b20-16-. The first-order valence-electron chi connectivity index (χ1n) is 8.55. The van der Waals surface area contributed by atoms with Crippen molar-refractivity contribution in [2.75, 3.05) is 39.4 Å². The Bertz CT molecular complexity index is 609. The van der Waals surface area contributed by atoms with Crippen molar-refractivity contribution in [2.24, 2.45) is 5.10 Å². The van der Waals surface area contributed by atoms with E-state index < -0.39 is 0 Å². The number of aryl methyl sites for hydroxylation is 3. The summed E-state index contributed by atoms with van der Waals surface area (Å²) < 4.78 is 5.36. The molecule has 0 saturated carbocycles. The second-order valence-electron chi connectivity index (χ2n) is 6.43. The predicted octanol–water partition coefficient (Wildman–Crippen LogP) is 0.715. The second-order valence-corrected chi connectivity index (χ2v) is 6.84. The van der Waals surface area contributed by atoms with Crippen molar-refractivity contribution < 1.29 is 9.64 Å². The van der Waals surface area contributed by atoms with Crippen LogP contribution < -0.4 is 15.6 Å². The highest BCUT2D eigenvalue weighted by molar-refractivity contribution is 7.80. The molecule has 132 valence electrons. The third-order valence-electron chi connectivity index (χ3n) is 4.52. The van der Waals surface area contributed by atoms with Gasteiger partial charge in [0.1, 0.15) is 13.1 Å². The summed E-state index contributed by atoms with van der Waals surface area (Å²) in [7, 11) is 0. The summed E-state index contributed by atoms with van der Waals surface area (Å²) in [5, 5.41) is 8.22. The molecule has 0 atom stereocenters. The van der Waals surface area contributed by atoms with E-state index in [4.69, 9.17) is 17.0 Å². The Balaban J connectivity index is 1.81. The van der Waals surface area contributed by atoms with E-state index in [1.807, 2.05) is 6.92 Å². The molecule has 0 unspecified atom stereocenters. The summed E-state index contributed by atoms with van der Waals surface area (Å²) in [5.41, 5.74) is 8.87. The molecule has 0 aromatic heterocycles. The molecule has 1 aliphatic rings. The highest BCUT2D eigenvalue weighted by Crippen LogP contribution is 2.15. The van der Waals surface area contributed by atoms with Crippen LogP contribution in [0.5, 0.6) is 0 Å². The van der Waals surface area contributed by atoms with Crippen molar-refractivity contribution in [3.63, 3.8) is 0 Å². The van der Waals surface area contributed by atoms with E-state index in [0.717, 1.165) is 50.7 Å². The fourth-order valence-corrected chi connectivity index (χ4v) is 3.00. The largest absolute Gasteiger partial charge is 0.370 e. The average molecular weight is 350 g/mol. The third-order valence-corrected chi connectivity index (χ3v) is 4.76. The second kappa shape index (κ2) is 9.11. The zero-order chi connectivity index (χ0) is 17.5. The smallest absolute Gasteiger partial charge is 0.187 e. The third kappa shape index (κ3) is 5.54. The Morgan fingerprint density at radius 3 is 2.54 bits per heavy atom. The van der Waals surface area contributed by atoms with Crippen LogP contribution in [0.4, 0.5) is 0 Å². The first-order chi connectivity index (χ1) is 11.5. The maximum Gasteiger partial charge on any atom is 0.187 e. The molecule has 0 amide bonds. The lowest BCUT2D eigenvalue weighted by atomic mass is 9.98. The Morgan fingerprint density at radius 1 is 1.17 bits per heavy atom. The van der Waals surface area contributed by atoms with Crippen molar-refractivity contribution in [1.29, 1.82) is 0 Å². The lowest BCUT2D eigenvalue weighted by Crippen LogP contribution is -3.14. The Morgan fingerprint density at radius 2 is 1.83 bits per heavy atom. The van der Waals surface area contributed by atoms with E-state index in [1.54, 1.807) is 4.90 Å². The van der Waals surface area contributed by atoms with Gasteiger partial charge in [-0.25, -0.2) is 0 Å². The van der Waals surface area contributed by atoms with Crippen molar-refractivity contribution in [3.05, 3.63) is 34.4 Å². The molecule has 0 bridgehead atoms. The van der Waals surface area contributed by atoms with Gasteiger partial charge in [-0.15, -0.1) is 0 Å². The van der Waals surface area contributed by atoms with Gasteiger partial charge in [-0.1, -0.05) is 6.07 Å². The summed E-state index contributed by atoms with van der Waals surface area (Å²) in [4.78, 5) is 1.56. The summed E-state index contributed by atoms with van der Waals surface area (Å²) in [6, 6.07) is 4.38. The van der Waals surface area contributed by atoms with Gasteiger partial charge in [-0.05, 0) is 62.7 Å². The maximum atomic E-state index is 5.36. The highest BCUT2D eigenvalue weighted by atomic mass is 32.1. The summed E-state index contributed by atoms with van der Waals surface area (Å²) >= 11 is 5.31. The average Bonchev–Trinajstić information content (AvgIpc) is 2.57. The van der Waals surface area contributed by atoms with Crippen LogP contribution in [0.3, 0.4) is 0 Å². The molecule has 0 radical (unpaired) electrons. The minimum absolute atomic E-state index is 0.573. The molecular formula is C18H29N4OS+. The Hall–Kier alpha value is -1.50. The zero-order valence-corrected chi connectivity index (χ0v) is 16.0. The van der Waals surface area contributed by atoms with E-state index in [0.29, 0.717) is 5.11 Å². The number of quaternary nitrogens is 1. The van der Waals surface area contributed by atoms with Crippen molar-refractivity contribution in [3.8, 4) is 0 Å². The van der Waals surface area contributed by atoms with E-state index in [9.17, 15) is 0 Å². The van der Waals surface area contributed by atoms with E-state index >= 15 is 0 Å². The first kappa shape index (κ1) is 18.8. The number of hydrogen-bond acceptors (Lipinski definition) is 3.